The largest absolute Gasteiger partial charge is 0.456 e. The van der Waals surface area contributed by atoms with E-state index in [1.165, 1.54) is 6.92 Å². The standard InChI is InChI=1S/C33H32F5NO3/c1-30-18-26(19-7-9-20(10-8-19)29(41)39-22-5-3-2-4-6-22)28-24-14-12-23(40)17-21(24)11-13-25(28)27(30)15-16-31(30,42)32(34,35)33(36,37)38/h2-10,17,25-27,42H,11-16,18H2,1H3,(H,39,41)/t25?,26-,27?,30+,31-/m1/s1. The predicted molar refractivity (Wildman–Crippen MR) is 147 cm³/mol. The van der Waals surface area contributed by atoms with Crippen LogP contribution < -0.4 is 5.32 Å². The van der Waals surface area contributed by atoms with Gasteiger partial charge in [-0.1, -0.05) is 42.8 Å². The van der Waals surface area contributed by atoms with Crippen molar-refractivity contribution in [3.05, 3.63) is 88.5 Å². The first-order valence-electron chi connectivity index (χ1n) is 14.4. The van der Waals surface area contributed by atoms with E-state index in [9.17, 15) is 27.9 Å². The van der Waals surface area contributed by atoms with E-state index >= 15 is 8.78 Å². The van der Waals surface area contributed by atoms with Crippen LogP contribution in [0.1, 0.15) is 73.7 Å². The van der Waals surface area contributed by atoms with E-state index < -0.39 is 41.4 Å². The lowest BCUT2D eigenvalue weighted by molar-refractivity contribution is -0.362. The van der Waals surface area contributed by atoms with Gasteiger partial charge in [-0.05, 0) is 97.4 Å². The zero-order valence-corrected chi connectivity index (χ0v) is 23.1. The molecular formula is C33H32F5NO3. The first-order valence-corrected chi connectivity index (χ1v) is 14.4. The molecule has 9 heteroatoms. The molecule has 42 heavy (non-hydrogen) atoms. The van der Waals surface area contributed by atoms with E-state index in [2.05, 4.69) is 5.32 Å². The number of aliphatic hydroxyl groups is 1. The maximum absolute atomic E-state index is 15.1. The van der Waals surface area contributed by atoms with Crippen LogP contribution in [0.25, 0.3) is 0 Å². The second-order valence-electron chi connectivity index (χ2n) is 12.4. The third-order valence-corrected chi connectivity index (χ3v) is 10.4. The minimum atomic E-state index is -5.89. The van der Waals surface area contributed by atoms with Crippen molar-refractivity contribution in [1.29, 1.82) is 0 Å². The summed E-state index contributed by atoms with van der Waals surface area (Å²) >= 11 is 0. The molecule has 0 radical (unpaired) electrons. The van der Waals surface area contributed by atoms with E-state index in [1.54, 1.807) is 54.6 Å². The SMILES string of the molecule is C[C@]12C[C@H](c3ccc(C(=O)Nc4ccccc4)cc3)C3=C4CCC(=O)C=C4CCC3C1CC[C@]2(O)C(F)(F)C(F)(F)F. The number of ketones is 1. The molecule has 4 aliphatic rings. The Morgan fingerprint density at radius 2 is 1.64 bits per heavy atom. The number of hydrogen-bond donors (Lipinski definition) is 2. The van der Waals surface area contributed by atoms with Crippen molar-refractivity contribution in [2.45, 2.75) is 75.5 Å². The molecular weight excluding hydrogens is 553 g/mol. The van der Waals surface area contributed by atoms with Gasteiger partial charge in [-0.2, -0.15) is 22.0 Å². The molecule has 6 rings (SSSR count). The molecule has 4 aliphatic carbocycles. The number of allylic oxidation sites excluding steroid dienone is 4. The first-order chi connectivity index (χ1) is 19.8. The minimum Gasteiger partial charge on any atom is -0.383 e. The van der Waals surface area contributed by atoms with Crippen LogP contribution in [-0.4, -0.2) is 34.5 Å². The first kappa shape index (κ1) is 28.8. The van der Waals surface area contributed by atoms with Crippen LogP contribution in [0, 0.1) is 17.3 Å². The fraction of sp³-hybridized carbons (Fsp3) is 0.455. The van der Waals surface area contributed by atoms with Crippen LogP contribution in [0.15, 0.2) is 77.4 Å². The van der Waals surface area contributed by atoms with E-state index in [4.69, 9.17) is 0 Å². The molecule has 222 valence electrons. The summed E-state index contributed by atoms with van der Waals surface area (Å²) in [5.41, 5.74) is -0.408. The molecule has 1 amide bonds. The second-order valence-corrected chi connectivity index (χ2v) is 12.4. The van der Waals surface area contributed by atoms with Crippen molar-refractivity contribution in [3.63, 3.8) is 0 Å². The Morgan fingerprint density at radius 1 is 0.952 bits per heavy atom. The molecule has 2 fully saturated rings. The summed E-state index contributed by atoms with van der Waals surface area (Å²) in [5.74, 6) is -7.01. The normalized spacial score (nSPS) is 31.2. The molecule has 2 N–H and O–H groups in total. The molecule has 5 atom stereocenters. The number of anilines is 1. The van der Waals surface area contributed by atoms with E-state index in [0.29, 0.717) is 42.5 Å². The van der Waals surface area contributed by atoms with Gasteiger partial charge < -0.3 is 10.4 Å². The number of fused-ring (bicyclic) bond motifs is 4. The number of alkyl halides is 5. The Kier molecular flexibility index (Phi) is 6.76. The fourth-order valence-electron chi connectivity index (χ4n) is 8.31. The van der Waals surface area contributed by atoms with Gasteiger partial charge in [-0.3, -0.25) is 9.59 Å². The number of halogens is 5. The Balaban J connectivity index is 1.42. The van der Waals surface area contributed by atoms with Gasteiger partial charge >= 0.3 is 12.1 Å². The summed E-state index contributed by atoms with van der Waals surface area (Å²) in [5, 5.41) is 14.2. The summed E-state index contributed by atoms with van der Waals surface area (Å²) in [6.07, 6.45) is -3.07. The topological polar surface area (TPSA) is 66.4 Å². The van der Waals surface area contributed by atoms with Gasteiger partial charge in [0.1, 0.15) is 5.60 Å². The smallest absolute Gasteiger partial charge is 0.383 e. The van der Waals surface area contributed by atoms with Gasteiger partial charge in [-0.25, -0.2) is 0 Å². The summed E-state index contributed by atoms with van der Waals surface area (Å²) < 4.78 is 71.5. The van der Waals surface area contributed by atoms with Gasteiger partial charge in [-0.15, -0.1) is 0 Å². The van der Waals surface area contributed by atoms with Crippen molar-refractivity contribution < 1.29 is 36.6 Å². The fourth-order valence-corrected chi connectivity index (χ4v) is 8.31. The Labute approximate surface area is 240 Å². The van der Waals surface area contributed by atoms with Gasteiger partial charge in [0.05, 0.1) is 0 Å². The number of benzene rings is 2. The van der Waals surface area contributed by atoms with Gasteiger partial charge in [0.2, 0.25) is 0 Å². The highest BCUT2D eigenvalue weighted by molar-refractivity contribution is 6.04. The number of para-hydroxylation sites is 1. The minimum absolute atomic E-state index is 0.0267. The van der Waals surface area contributed by atoms with Gasteiger partial charge in [0, 0.05) is 29.0 Å². The number of carbonyl (C=O) groups excluding carboxylic acids is 2. The molecule has 2 aromatic carbocycles. The zero-order valence-electron chi connectivity index (χ0n) is 23.1. The number of hydrogen-bond acceptors (Lipinski definition) is 3. The highest BCUT2D eigenvalue weighted by atomic mass is 19.4. The molecule has 4 nitrogen and oxygen atoms in total. The summed E-state index contributed by atoms with van der Waals surface area (Å²) in [7, 11) is 0. The zero-order chi connectivity index (χ0) is 30.1. The molecule has 0 heterocycles. The highest BCUT2D eigenvalue weighted by Crippen LogP contribution is 2.70. The van der Waals surface area contributed by atoms with Crippen molar-refractivity contribution in [2.75, 3.05) is 5.32 Å². The molecule has 0 bridgehead atoms. The average Bonchev–Trinajstić information content (AvgIpc) is 3.23. The molecule has 0 aromatic heterocycles. The maximum Gasteiger partial charge on any atom is 0.456 e. The molecule has 0 spiro atoms. The summed E-state index contributed by atoms with van der Waals surface area (Å²) in [6.45, 7) is 1.40. The third kappa shape index (κ3) is 4.26. The average molecular weight is 586 g/mol. The quantitative estimate of drug-likeness (QED) is 0.361. The van der Waals surface area contributed by atoms with Crippen molar-refractivity contribution in [2.24, 2.45) is 17.3 Å². The Hall–Kier alpha value is -3.33. The summed E-state index contributed by atoms with van der Waals surface area (Å²) in [6, 6.07) is 15.6. The second kappa shape index (κ2) is 9.86. The Morgan fingerprint density at radius 3 is 2.31 bits per heavy atom. The van der Waals surface area contributed by atoms with E-state index in [1.807, 2.05) is 6.07 Å². The van der Waals surface area contributed by atoms with Gasteiger partial charge in [0.15, 0.2) is 5.78 Å². The van der Waals surface area contributed by atoms with Crippen LogP contribution in [0.3, 0.4) is 0 Å². The number of nitrogens with one attached hydrogen (secondary N) is 1. The number of amides is 1. The molecule has 2 aromatic rings. The Bertz CT molecular complexity index is 1480. The van der Waals surface area contributed by atoms with Crippen molar-refractivity contribution >= 4 is 17.4 Å². The number of carbonyl (C=O) groups is 2. The van der Waals surface area contributed by atoms with E-state index in [0.717, 1.165) is 16.7 Å². The third-order valence-electron chi connectivity index (χ3n) is 10.4. The molecule has 2 unspecified atom stereocenters. The predicted octanol–water partition coefficient (Wildman–Crippen LogP) is 7.77. The van der Waals surface area contributed by atoms with E-state index in [-0.39, 0.29) is 30.4 Å². The van der Waals surface area contributed by atoms with Crippen LogP contribution in [0.2, 0.25) is 0 Å². The van der Waals surface area contributed by atoms with Crippen LogP contribution in [-0.2, 0) is 4.79 Å². The molecule has 0 saturated heterocycles. The van der Waals surface area contributed by atoms with Crippen molar-refractivity contribution in [1.82, 2.24) is 0 Å². The van der Waals surface area contributed by atoms with Gasteiger partial charge in [0.25, 0.3) is 5.91 Å². The lowest BCUT2D eigenvalue weighted by Crippen LogP contribution is -2.65. The van der Waals surface area contributed by atoms with Crippen LogP contribution >= 0.6 is 0 Å². The molecule has 0 aliphatic heterocycles. The lowest BCUT2D eigenvalue weighted by Gasteiger charge is -2.56. The lowest BCUT2D eigenvalue weighted by atomic mass is 9.50. The highest BCUT2D eigenvalue weighted by Gasteiger charge is 2.79. The number of rotatable bonds is 4. The molecule has 2 saturated carbocycles. The maximum atomic E-state index is 15.1. The monoisotopic (exact) mass is 585 g/mol. The van der Waals surface area contributed by atoms with Crippen LogP contribution in [0.5, 0.6) is 0 Å². The summed E-state index contributed by atoms with van der Waals surface area (Å²) in [4.78, 5) is 25.1. The van der Waals surface area contributed by atoms with Crippen molar-refractivity contribution in [3.8, 4) is 0 Å². The van der Waals surface area contributed by atoms with Crippen LogP contribution in [0.4, 0.5) is 27.6 Å².